The molecule has 21 heavy (non-hydrogen) atoms. The number of hydrogen-bond acceptors (Lipinski definition) is 3. The number of carbonyl (C=O) groups excluding carboxylic acids is 1. The third-order valence-corrected chi connectivity index (χ3v) is 4.73. The highest BCUT2D eigenvalue weighted by molar-refractivity contribution is 5.88. The van der Waals surface area contributed by atoms with Crippen molar-refractivity contribution in [2.24, 2.45) is 11.8 Å². The molecule has 2 aliphatic heterocycles. The van der Waals surface area contributed by atoms with Crippen LogP contribution in [0.2, 0.25) is 0 Å². The molecule has 2 atom stereocenters. The highest BCUT2D eigenvalue weighted by Crippen LogP contribution is 2.25. The molecule has 0 saturated carbocycles. The Balaban J connectivity index is 1.92. The van der Waals surface area contributed by atoms with Gasteiger partial charge in [0.1, 0.15) is 0 Å². The van der Waals surface area contributed by atoms with Gasteiger partial charge >= 0.3 is 0 Å². The Morgan fingerprint density at radius 2 is 1.71 bits per heavy atom. The average Bonchev–Trinajstić information content (AvgIpc) is 2.66. The molecule has 120 valence electrons. The standard InChI is InChI=1S/C17H30N2O2/c1-14(2)9-17(21)19-11-15(16(12-19)13-20)10-18-7-5-3-4-6-8-18/h9,15-16,20H,3-8,10-13H2,1-2H3. The van der Waals surface area contributed by atoms with Crippen LogP contribution in [-0.2, 0) is 4.79 Å². The van der Waals surface area contributed by atoms with Crippen LogP contribution in [0.5, 0.6) is 0 Å². The minimum Gasteiger partial charge on any atom is -0.396 e. The van der Waals surface area contributed by atoms with Crippen LogP contribution >= 0.6 is 0 Å². The molecule has 4 heteroatoms. The summed E-state index contributed by atoms with van der Waals surface area (Å²) >= 11 is 0. The molecule has 0 radical (unpaired) electrons. The number of carbonyl (C=O) groups is 1. The predicted molar refractivity (Wildman–Crippen MR) is 85.0 cm³/mol. The van der Waals surface area contributed by atoms with Gasteiger partial charge in [-0.3, -0.25) is 4.79 Å². The zero-order valence-corrected chi connectivity index (χ0v) is 13.6. The summed E-state index contributed by atoms with van der Waals surface area (Å²) in [4.78, 5) is 16.6. The maximum atomic E-state index is 12.2. The van der Waals surface area contributed by atoms with Gasteiger partial charge in [-0.15, -0.1) is 0 Å². The molecule has 2 rings (SSSR count). The summed E-state index contributed by atoms with van der Waals surface area (Å²) in [6, 6.07) is 0. The largest absolute Gasteiger partial charge is 0.396 e. The smallest absolute Gasteiger partial charge is 0.246 e. The molecular formula is C17H30N2O2. The van der Waals surface area contributed by atoms with Gasteiger partial charge in [0, 0.05) is 38.2 Å². The lowest BCUT2D eigenvalue weighted by atomic mass is 9.96. The van der Waals surface area contributed by atoms with E-state index in [4.69, 9.17) is 0 Å². The molecule has 0 aliphatic carbocycles. The molecule has 0 spiro atoms. The molecule has 2 aliphatic rings. The summed E-state index contributed by atoms with van der Waals surface area (Å²) in [6.45, 7) is 8.98. The molecule has 2 heterocycles. The lowest BCUT2D eigenvalue weighted by Crippen LogP contribution is -2.34. The fraction of sp³-hybridized carbons (Fsp3) is 0.824. The fourth-order valence-electron chi connectivity index (χ4n) is 3.52. The first-order valence-corrected chi connectivity index (χ1v) is 8.37. The fourth-order valence-corrected chi connectivity index (χ4v) is 3.52. The summed E-state index contributed by atoms with van der Waals surface area (Å²) in [5, 5.41) is 9.63. The third kappa shape index (κ3) is 4.82. The van der Waals surface area contributed by atoms with Crippen LogP contribution in [-0.4, -0.2) is 60.1 Å². The number of aliphatic hydroxyl groups excluding tert-OH is 1. The molecule has 0 bridgehead atoms. The lowest BCUT2D eigenvalue weighted by Gasteiger charge is -2.26. The first kappa shape index (κ1) is 16.5. The maximum Gasteiger partial charge on any atom is 0.246 e. The predicted octanol–water partition coefficient (Wildman–Crippen LogP) is 1.90. The zero-order chi connectivity index (χ0) is 15.2. The Labute approximate surface area is 128 Å². The first-order valence-electron chi connectivity index (χ1n) is 8.37. The van der Waals surface area contributed by atoms with Gasteiger partial charge in [-0.1, -0.05) is 18.4 Å². The van der Waals surface area contributed by atoms with Crippen LogP contribution in [0.4, 0.5) is 0 Å². The van der Waals surface area contributed by atoms with E-state index < -0.39 is 0 Å². The maximum absolute atomic E-state index is 12.2. The summed E-state index contributed by atoms with van der Waals surface area (Å²) in [6.07, 6.45) is 6.97. The van der Waals surface area contributed by atoms with E-state index in [2.05, 4.69) is 4.90 Å². The van der Waals surface area contributed by atoms with Gasteiger partial charge in [0.25, 0.3) is 0 Å². The Kier molecular flexibility index (Phi) is 6.24. The molecule has 4 nitrogen and oxygen atoms in total. The lowest BCUT2D eigenvalue weighted by molar-refractivity contribution is -0.125. The number of hydrogen-bond donors (Lipinski definition) is 1. The topological polar surface area (TPSA) is 43.8 Å². The van der Waals surface area contributed by atoms with Gasteiger partial charge in [0.15, 0.2) is 0 Å². The Morgan fingerprint density at radius 3 is 2.29 bits per heavy atom. The summed E-state index contributed by atoms with van der Waals surface area (Å²) < 4.78 is 0. The second kappa shape index (κ2) is 7.95. The quantitative estimate of drug-likeness (QED) is 0.805. The van der Waals surface area contributed by atoms with Gasteiger partial charge in [-0.05, 0) is 45.7 Å². The number of nitrogens with zero attached hydrogens (tertiary/aromatic N) is 2. The highest BCUT2D eigenvalue weighted by atomic mass is 16.3. The number of likely N-dealkylation sites (tertiary alicyclic amines) is 2. The highest BCUT2D eigenvalue weighted by Gasteiger charge is 2.35. The van der Waals surface area contributed by atoms with Crippen molar-refractivity contribution in [2.45, 2.75) is 39.5 Å². The van der Waals surface area contributed by atoms with E-state index in [-0.39, 0.29) is 18.4 Å². The minimum absolute atomic E-state index is 0.104. The molecule has 0 aromatic carbocycles. The van der Waals surface area contributed by atoms with Gasteiger partial charge in [0.2, 0.25) is 5.91 Å². The molecule has 2 fully saturated rings. The Morgan fingerprint density at radius 1 is 1.10 bits per heavy atom. The summed E-state index contributed by atoms with van der Waals surface area (Å²) in [5.41, 5.74) is 1.04. The third-order valence-electron chi connectivity index (χ3n) is 4.73. The summed E-state index contributed by atoms with van der Waals surface area (Å²) in [7, 11) is 0. The monoisotopic (exact) mass is 294 g/mol. The van der Waals surface area contributed by atoms with Crippen LogP contribution in [0.3, 0.4) is 0 Å². The van der Waals surface area contributed by atoms with E-state index in [1.54, 1.807) is 6.08 Å². The van der Waals surface area contributed by atoms with E-state index in [0.29, 0.717) is 12.5 Å². The van der Waals surface area contributed by atoms with Gasteiger partial charge in [0.05, 0.1) is 0 Å². The van der Waals surface area contributed by atoms with Crippen LogP contribution in [0, 0.1) is 11.8 Å². The molecule has 1 N–H and O–H groups in total. The SMILES string of the molecule is CC(C)=CC(=O)N1CC(CO)C(CN2CCCCCC2)C1. The number of amides is 1. The van der Waals surface area contributed by atoms with Crippen molar-refractivity contribution in [3.8, 4) is 0 Å². The van der Waals surface area contributed by atoms with Crippen LogP contribution in [0.15, 0.2) is 11.6 Å². The Hall–Kier alpha value is -0.870. The Bertz CT molecular complexity index is 369. The van der Waals surface area contributed by atoms with E-state index in [9.17, 15) is 9.90 Å². The van der Waals surface area contributed by atoms with Crippen molar-refractivity contribution in [1.29, 1.82) is 0 Å². The van der Waals surface area contributed by atoms with E-state index in [1.807, 2.05) is 18.7 Å². The van der Waals surface area contributed by atoms with E-state index >= 15 is 0 Å². The van der Waals surface area contributed by atoms with E-state index in [0.717, 1.165) is 18.7 Å². The van der Waals surface area contributed by atoms with Crippen LogP contribution < -0.4 is 0 Å². The zero-order valence-electron chi connectivity index (χ0n) is 13.6. The minimum atomic E-state index is 0.104. The molecule has 2 saturated heterocycles. The molecule has 0 aromatic rings. The van der Waals surface area contributed by atoms with Crippen LogP contribution in [0.25, 0.3) is 0 Å². The van der Waals surface area contributed by atoms with Gasteiger partial charge in [-0.2, -0.15) is 0 Å². The van der Waals surface area contributed by atoms with Crippen molar-refractivity contribution in [3.05, 3.63) is 11.6 Å². The summed E-state index contributed by atoms with van der Waals surface area (Å²) in [5.74, 6) is 0.761. The second-order valence-corrected chi connectivity index (χ2v) is 6.88. The molecule has 2 unspecified atom stereocenters. The average molecular weight is 294 g/mol. The van der Waals surface area contributed by atoms with Crippen molar-refractivity contribution >= 4 is 5.91 Å². The van der Waals surface area contributed by atoms with Crippen molar-refractivity contribution in [2.75, 3.05) is 39.3 Å². The van der Waals surface area contributed by atoms with E-state index in [1.165, 1.54) is 38.8 Å². The second-order valence-electron chi connectivity index (χ2n) is 6.88. The van der Waals surface area contributed by atoms with Crippen molar-refractivity contribution in [3.63, 3.8) is 0 Å². The van der Waals surface area contributed by atoms with Gasteiger partial charge in [-0.25, -0.2) is 0 Å². The van der Waals surface area contributed by atoms with Crippen molar-refractivity contribution in [1.82, 2.24) is 9.80 Å². The number of rotatable bonds is 4. The van der Waals surface area contributed by atoms with Crippen molar-refractivity contribution < 1.29 is 9.90 Å². The molecule has 0 aromatic heterocycles. The van der Waals surface area contributed by atoms with Gasteiger partial charge < -0.3 is 14.9 Å². The number of allylic oxidation sites excluding steroid dienone is 1. The molecule has 1 amide bonds. The molecular weight excluding hydrogens is 264 g/mol. The number of aliphatic hydroxyl groups is 1. The first-order chi connectivity index (χ1) is 10.1. The van der Waals surface area contributed by atoms with Crippen LogP contribution in [0.1, 0.15) is 39.5 Å². The normalized spacial score (nSPS) is 27.5.